The van der Waals surface area contributed by atoms with Gasteiger partial charge >= 0.3 is 0 Å². The number of rotatable bonds is 5. The maximum atomic E-state index is 12.1. The molecule has 3 nitrogen and oxygen atoms in total. The van der Waals surface area contributed by atoms with Crippen molar-refractivity contribution in [2.75, 3.05) is 0 Å². The highest BCUT2D eigenvalue weighted by molar-refractivity contribution is 9.11. The highest BCUT2D eigenvalue weighted by Crippen LogP contribution is 2.24. The molecule has 5 heteroatoms. The van der Waals surface area contributed by atoms with E-state index in [1.807, 2.05) is 19.1 Å². The number of carbonyl (C=O) groups excluding carboxylic acids is 1. The number of nitrogens with zero attached hydrogens (tertiary/aromatic N) is 1. The number of amides is 1. The molecule has 0 aliphatic heterocycles. The smallest absolute Gasteiger partial charge is 0.224 e. The lowest BCUT2D eigenvalue weighted by Crippen LogP contribution is -2.28. The fraction of sp³-hybridized carbons (Fsp3) is 0.375. The second kappa shape index (κ2) is 7.18. The summed E-state index contributed by atoms with van der Waals surface area (Å²) in [6, 6.07) is 8.17. The zero-order chi connectivity index (χ0) is 15.4. The first-order valence-corrected chi connectivity index (χ1v) is 8.56. The molecular formula is C16H19BrN2OS. The van der Waals surface area contributed by atoms with Crippen LogP contribution in [0.1, 0.15) is 48.9 Å². The van der Waals surface area contributed by atoms with Crippen LogP contribution in [0.15, 0.2) is 34.2 Å². The highest BCUT2D eigenvalue weighted by Gasteiger charge is 2.13. The summed E-state index contributed by atoms with van der Waals surface area (Å²) in [6.45, 7) is 6.27. The van der Waals surface area contributed by atoms with E-state index in [9.17, 15) is 4.79 Å². The van der Waals surface area contributed by atoms with Gasteiger partial charge in [-0.25, -0.2) is 4.98 Å². The predicted molar refractivity (Wildman–Crippen MR) is 90.6 cm³/mol. The van der Waals surface area contributed by atoms with E-state index in [-0.39, 0.29) is 11.9 Å². The van der Waals surface area contributed by atoms with Gasteiger partial charge in [-0.3, -0.25) is 4.79 Å². The molecule has 2 rings (SSSR count). The third-order valence-corrected chi connectivity index (χ3v) is 4.91. The van der Waals surface area contributed by atoms with Crippen molar-refractivity contribution in [3.63, 3.8) is 0 Å². The minimum Gasteiger partial charge on any atom is -0.347 e. The molecule has 1 N–H and O–H groups in total. The van der Waals surface area contributed by atoms with Crippen molar-refractivity contribution < 1.29 is 4.79 Å². The van der Waals surface area contributed by atoms with Crippen molar-refractivity contribution in [3.8, 4) is 0 Å². The normalized spacial score (nSPS) is 12.4. The van der Waals surface area contributed by atoms with Crippen molar-refractivity contribution in [3.05, 3.63) is 50.4 Å². The Morgan fingerprint density at radius 3 is 2.48 bits per heavy atom. The number of carbonyl (C=O) groups is 1. The van der Waals surface area contributed by atoms with E-state index >= 15 is 0 Å². The predicted octanol–water partition coefficient (Wildman–Crippen LogP) is 4.45. The summed E-state index contributed by atoms with van der Waals surface area (Å²) >= 11 is 4.92. The van der Waals surface area contributed by atoms with Crippen LogP contribution in [0, 0.1) is 0 Å². The number of aromatic nitrogens is 1. The summed E-state index contributed by atoms with van der Waals surface area (Å²) in [7, 11) is 0. The first-order valence-electron chi connectivity index (χ1n) is 6.95. The molecule has 0 aliphatic carbocycles. The number of halogens is 1. The van der Waals surface area contributed by atoms with Crippen molar-refractivity contribution in [1.29, 1.82) is 0 Å². The zero-order valence-corrected chi connectivity index (χ0v) is 14.8. The Balaban J connectivity index is 1.92. The number of benzene rings is 1. The monoisotopic (exact) mass is 366 g/mol. The van der Waals surface area contributed by atoms with E-state index in [1.165, 1.54) is 5.56 Å². The molecule has 0 fully saturated rings. The van der Waals surface area contributed by atoms with Crippen molar-refractivity contribution in [2.24, 2.45) is 0 Å². The third kappa shape index (κ3) is 4.64. The van der Waals surface area contributed by atoms with E-state index in [2.05, 4.69) is 52.2 Å². The van der Waals surface area contributed by atoms with Crippen molar-refractivity contribution >= 4 is 33.2 Å². The molecule has 1 aromatic heterocycles. The Bertz CT molecular complexity index is 607. The first kappa shape index (κ1) is 16.2. The van der Waals surface area contributed by atoms with Gasteiger partial charge in [0.2, 0.25) is 5.91 Å². The van der Waals surface area contributed by atoms with Crippen LogP contribution in [0.2, 0.25) is 0 Å². The van der Waals surface area contributed by atoms with E-state index in [4.69, 9.17) is 0 Å². The number of thiazole rings is 1. The summed E-state index contributed by atoms with van der Waals surface area (Å²) in [5, 5.41) is 3.89. The molecule has 0 saturated heterocycles. The van der Waals surface area contributed by atoms with Gasteiger partial charge in [0.15, 0.2) is 0 Å². The van der Waals surface area contributed by atoms with Crippen LogP contribution in [0.4, 0.5) is 0 Å². The molecule has 0 bridgehead atoms. The second-order valence-electron chi connectivity index (χ2n) is 5.36. The molecule has 1 atom stereocenters. The molecule has 0 radical (unpaired) electrons. The van der Waals surface area contributed by atoms with Crippen LogP contribution in [0.25, 0.3) is 0 Å². The first-order chi connectivity index (χ1) is 9.95. The van der Waals surface area contributed by atoms with E-state index in [0.29, 0.717) is 12.3 Å². The molecule has 0 aliphatic rings. The van der Waals surface area contributed by atoms with Crippen LogP contribution in [-0.4, -0.2) is 10.9 Å². The molecule has 1 heterocycles. The maximum Gasteiger partial charge on any atom is 0.224 e. The summed E-state index contributed by atoms with van der Waals surface area (Å²) in [5.41, 5.74) is 2.32. The van der Waals surface area contributed by atoms with Gasteiger partial charge in [-0.15, -0.1) is 11.3 Å². The Hall–Kier alpha value is -1.20. The number of hydrogen-bond donors (Lipinski definition) is 1. The Morgan fingerprint density at radius 2 is 1.95 bits per heavy atom. The molecule has 1 unspecified atom stereocenters. The molecule has 21 heavy (non-hydrogen) atoms. The largest absolute Gasteiger partial charge is 0.347 e. The molecule has 1 amide bonds. The minimum absolute atomic E-state index is 0.0196. The number of hydrogen-bond acceptors (Lipinski definition) is 3. The summed E-state index contributed by atoms with van der Waals surface area (Å²) < 4.78 is 0.975. The van der Waals surface area contributed by atoms with Gasteiger partial charge in [0.05, 0.1) is 22.4 Å². The summed E-state index contributed by atoms with van der Waals surface area (Å²) in [6.07, 6.45) is 2.16. The molecule has 112 valence electrons. The van der Waals surface area contributed by atoms with Crippen LogP contribution in [0.5, 0.6) is 0 Å². The fourth-order valence-electron chi connectivity index (χ4n) is 2.03. The van der Waals surface area contributed by atoms with Gasteiger partial charge in [-0.2, -0.15) is 0 Å². The molecule has 0 saturated carbocycles. The van der Waals surface area contributed by atoms with Crippen LogP contribution in [-0.2, 0) is 11.2 Å². The lowest BCUT2D eigenvalue weighted by Gasteiger charge is -2.12. The average Bonchev–Trinajstić information content (AvgIpc) is 2.86. The van der Waals surface area contributed by atoms with Gasteiger partial charge in [-0.1, -0.05) is 38.1 Å². The Labute approximate surface area is 137 Å². The third-order valence-electron chi connectivity index (χ3n) is 3.25. The lowest BCUT2D eigenvalue weighted by molar-refractivity contribution is -0.121. The Kier molecular flexibility index (Phi) is 5.53. The fourth-order valence-corrected chi connectivity index (χ4v) is 3.27. The van der Waals surface area contributed by atoms with Crippen LogP contribution >= 0.6 is 27.3 Å². The molecule has 1 aromatic carbocycles. The average molecular weight is 367 g/mol. The van der Waals surface area contributed by atoms with E-state index in [1.54, 1.807) is 17.5 Å². The lowest BCUT2D eigenvalue weighted by atomic mass is 10.0. The summed E-state index contributed by atoms with van der Waals surface area (Å²) in [4.78, 5) is 16.3. The van der Waals surface area contributed by atoms with Crippen LogP contribution < -0.4 is 5.32 Å². The second-order valence-corrected chi connectivity index (χ2v) is 7.81. The van der Waals surface area contributed by atoms with Gasteiger partial charge in [-0.05, 0) is 39.9 Å². The van der Waals surface area contributed by atoms with Gasteiger partial charge in [0.1, 0.15) is 5.01 Å². The Morgan fingerprint density at radius 1 is 1.29 bits per heavy atom. The molecule has 0 spiro atoms. The zero-order valence-electron chi connectivity index (χ0n) is 12.4. The molecule has 2 aromatic rings. The van der Waals surface area contributed by atoms with Crippen molar-refractivity contribution in [1.82, 2.24) is 10.3 Å². The standard InChI is InChI=1S/C16H19BrN2OS/c1-10(2)13-6-4-12(5-7-13)8-15(20)19-11(3)16-18-9-14(17)21-16/h4-7,9-11H,8H2,1-3H3,(H,19,20). The number of nitrogens with one attached hydrogen (secondary N) is 1. The summed E-state index contributed by atoms with van der Waals surface area (Å²) in [5.74, 6) is 0.530. The molecular weight excluding hydrogens is 348 g/mol. The topological polar surface area (TPSA) is 42.0 Å². The maximum absolute atomic E-state index is 12.1. The quantitative estimate of drug-likeness (QED) is 0.849. The van der Waals surface area contributed by atoms with Gasteiger partial charge < -0.3 is 5.32 Å². The van der Waals surface area contributed by atoms with Gasteiger partial charge in [0, 0.05) is 0 Å². The van der Waals surface area contributed by atoms with E-state index < -0.39 is 0 Å². The van der Waals surface area contributed by atoms with E-state index in [0.717, 1.165) is 14.4 Å². The SMILES string of the molecule is CC(C)c1ccc(CC(=O)NC(C)c2ncc(Br)s2)cc1. The highest BCUT2D eigenvalue weighted by atomic mass is 79.9. The van der Waals surface area contributed by atoms with Crippen molar-refractivity contribution in [2.45, 2.75) is 39.2 Å². The van der Waals surface area contributed by atoms with Gasteiger partial charge in [0.25, 0.3) is 0 Å². The minimum atomic E-state index is -0.0660. The van der Waals surface area contributed by atoms with Crippen LogP contribution in [0.3, 0.4) is 0 Å².